The monoisotopic (exact) mass is 470 g/mol. The second kappa shape index (κ2) is 6.41. The van der Waals surface area contributed by atoms with Gasteiger partial charge in [0, 0.05) is 10.3 Å². The van der Waals surface area contributed by atoms with Gasteiger partial charge in [0.15, 0.2) is 0 Å². The number of halogens is 12. The average molecular weight is 470 g/mol. The van der Waals surface area contributed by atoms with E-state index in [-0.39, 0.29) is 0 Å². The van der Waals surface area contributed by atoms with Crippen LogP contribution in [0, 0.1) is 0 Å². The van der Waals surface area contributed by atoms with Gasteiger partial charge in [-0.2, -0.15) is 43.9 Å². The Balaban J connectivity index is 5.67. The molecule has 0 bridgehead atoms. The van der Waals surface area contributed by atoms with Crippen LogP contribution in [0.2, 0.25) is 0 Å². The van der Waals surface area contributed by atoms with Crippen LogP contribution < -0.4 is 0 Å². The zero-order valence-electron chi connectivity index (χ0n) is 9.88. The quantitative estimate of drug-likeness (QED) is 0.359. The Bertz CT molecular complexity index is 379. The van der Waals surface area contributed by atoms with Crippen molar-refractivity contribution >= 4 is 22.6 Å². The highest BCUT2D eigenvalue weighted by Crippen LogP contribution is 2.52. The Kier molecular flexibility index (Phi) is 6.38. The maximum Gasteiger partial charge on any atom is 0.462 e. The topological polar surface area (TPSA) is 29.5 Å². The van der Waals surface area contributed by atoms with Gasteiger partial charge in [0.1, 0.15) is 0 Å². The maximum absolute atomic E-state index is 13.5. The number of rotatable bonds is 6. The van der Waals surface area contributed by atoms with Crippen LogP contribution in [0.1, 0.15) is 6.42 Å². The van der Waals surface area contributed by atoms with Crippen molar-refractivity contribution in [1.29, 1.82) is 0 Å². The van der Waals surface area contributed by atoms with Crippen LogP contribution in [-0.4, -0.2) is 45.9 Å². The first-order chi connectivity index (χ1) is 9.41. The molecule has 134 valence electrons. The minimum atomic E-state index is -7.07. The number of aliphatic hydroxyl groups excluding tert-OH is 1. The van der Waals surface area contributed by atoms with Gasteiger partial charge in [-0.15, -0.1) is 0 Å². The molecule has 0 fully saturated rings. The molecule has 2 atom stereocenters. The van der Waals surface area contributed by atoms with E-state index in [1.807, 2.05) is 0 Å². The van der Waals surface area contributed by atoms with Crippen molar-refractivity contribution in [3.63, 3.8) is 0 Å². The number of hydrogen-bond donors (Lipinski definition) is 1. The molecule has 0 unspecified atom stereocenters. The van der Waals surface area contributed by atoms with Gasteiger partial charge in [0.25, 0.3) is 0 Å². The third-order valence-electron chi connectivity index (χ3n) is 2.12. The van der Waals surface area contributed by atoms with E-state index in [1.165, 1.54) is 0 Å². The zero-order chi connectivity index (χ0) is 18.2. The minimum Gasteiger partial charge on any atom is -0.395 e. The van der Waals surface area contributed by atoms with E-state index < -0.39 is 47.2 Å². The van der Waals surface area contributed by atoms with E-state index in [0.717, 1.165) is 22.6 Å². The lowest BCUT2D eigenvalue weighted by Crippen LogP contribution is -2.59. The summed E-state index contributed by atoms with van der Waals surface area (Å²) in [7, 11) is 0. The van der Waals surface area contributed by atoms with Crippen molar-refractivity contribution in [3.05, 3.63) is 0 Å². The second-order valence-corrected chi connectivity index (χ2v) is 5.66. The van der Waals surface area contributed by atoms with Crippen LogP contribution >= 0.6 is 22.6 Å². The molecule has 0 saturated carbocycles. The van der Waals surface area contributed by atoms with E-state index in [0.29, 0.717) is 0 Å². The Morgan fingerprint density at radius 2 is 1.23 bits per heavy atom. The maximum atomic E-state index is 13.5. The van der Waals surface area contributed by atoms with E-state index in [2.05, 4.69) is 4.74 Å². The van der Waals surface area contributed by atoms with Gasteiger partial charge in [0.05, 0.1) is 6.61 Å². The van der Waals surface area contributed by atoms with Crippen molar-refractivity contribution in [1.82, 2.24) is 0 Å². The molecule has 2 nitrogen and oxygen atoms in total. The smallest absolute Gasteiger partial charge is 0.395 e. The molecule has 0 spiro atoms. The normalized spacial score (nSPS) is 19.0. The van der Waals surface area contributed by atoms with Gasteiger partial charge in [-0.3, -0.25) is 4.74 Å². The highest BCUT2D eigenvalue weighted by Gasteiger charge is 2.78. The molecule has 0 amide bonds. The molecule has 1 N–H and O–H groups in total. The molecule has 0 saturated heterocycles. The SMILES string of the molecule is OC[C@@H](I)C[C@](F)(OC(F)(F)C(F)(F)C(F)(F)F)C(F)(F)F. The largest absolute Gasteiger partial charge is 0.462 e. The summed E-state index contributed by atoms with van der Waals surface area (Å²) in [5, 5.41) is 8.44. The molecule has 0 aromatic rings. The summed E-state index contributed by atoms with van der Waals surface area (Å²) in [6.45, 7) is -1.20. The van der Waals surface area contributed by atoms with Crippen LogP contribution in [0.5, 0.6) is 0 Å². The second-order valence-electron chi connectivity index (χ2n) is 3.90. The summed E-state index contributed by atoms with van der Waals surface area (Å²) in [5.74, 6) is -12.6. The average Bonchev–Trinajstić information content (AvgIpc) is 2.24. The Hall–Kier alpha value is -0.120. The van der Waals surface area contributed by atoms with Crippen molar-refractivity contribution in [2.75, 3.05) is 6.61 Å². The van der Waals surface area contributed by atoms with E-state index in [4.69, 9.17) is 5.11 Å². The van der Waals surface area contributed by atoms with Gasteiger partial charge in [-0.25, -0.2) is 4.39 Å². The van der Waals surface area contributed by atoms with Gasteiger partial charge < -0.3 is 5.11 Å². The molecule has 22 heavy (non-hydrogen) atoms. The van der Waals surface area contributed by atoms with Crippen LogP contribution in [-0.2, 0) is 4.74 Å². The summed E-state index contributed by atoms with van der Waals surface area (Å²) >= 11 is 0.935. The minimum absolute atomic E-state index is 0.935. The van der Waals surface area contributed by atoms with Crippen molar-refractivity contribution in [2.45, 2.75) is 40.6 Å². The molecule has 14 heteroatoms. The fraction of sp³-hybridized carbons (Fsp3) is 1.00. The van der Waals surface area contributed by atoms with Crippen LogP contribution in [0.15, 0.2) is 0 Å². The van der Waals surface area contributed by atoms with E-state index in [9.17, 15) is 48.3 Å². The Labute approximate surface area is 128 Å². The molecule has 0 aliphatic rings. The molecule has 0 aliphatic heterocycles. The van der Waals surface area contributed by atoms with Gasteiger partial charge >= 0.3 is 30.2 Å². The van der Waals surface area contributed by atoms with E-state index in [1.54, 1.807) is 0 Å². The summed E-state index contributed by atoms with van der Waals surface area (Å²) in [6.07, 6.45) is -22.3. The first-order valence-electron chi connectivity index (χ1n) is 4.94. The summed E-state index contributed by atoms with van der Waals surface area (Å²) in [5.41, 5.74) is 0. The molecule has 0 aromatic heterocycles. The lowest BCUT2D eigenvalue weighted by molar-refractivity contribution is -0.483. The van der Waals surface area contributed by atoms with Crippen LogP contribution in [0.25, 0.3) is 0 Å². The predicted octanol–water partition coefficient (Wildman–Crippen LogP) is 4.21. The third kappa shape index (κ3) is 4.46. The van der Waals surface area contributed by atoms with Gasteiger partial charge in [-0.1, -0.05) is 22.6 Å². The van der Waals surface area contributed by atoms with Gasteiger partial charge in [0.2, 0.25) is 0 Å². The fourth-order valence-electron chi connectivity index (χ4n) is 0.997. The molecule has 0 aromatic carbocycles. The molecule has 0 heterocycles. The first-order valence-corrected chi connectivity index (χ1v) is 6.19. The highest BCUT2D eigenvalue weighted by molar-refractivity contribution is 14.1. The molecule has 0 rings (SSSR count). The highest BCUT2D eigenvalue weighted by atomic mass is 127. The van der Waals surface area contributed by atoms with Crippen LogP contribution in [0.4, 0.5) is 48.3 Å². The lowest BCUT2D eigenvalue weighted by atomic mass is 10.1. The first kappa shape index (κ1) is 21.9. The number of aliphatic hydroxyl groups is 1. The summed E-state index contributed by atoms with van der Waals surface area (Å²) in [4.78, 5) is 0. The molecule has 0 radical (unpaired) electrons. The Morgan fingerprint density at radius 1 is 0.818 bits per heavy atom. The van der Waals surface area contributed by atoms with Crippen LogP contribution in [0.3, 0.4) is 0 Å². The summed E-state index contributed by atoms with van der Waals surface area (Å²) in [6, 6.07) is 0. The predicted molar refractivity (Wildman–Crippen MR) is 56.4 cm³/mol. The van der Waals surface area contributed by atoms with Crippen molar-refractivity contribution in [3.8, 4) is 0 Å². The van der Waals surface area contributed by atoms with Crippen molar-refractivity contribution in [2.24, 2.45) is 0 Å². The van der Waals surface area contributed by atoms with Crippen molar-refractivity contribution < 1.29 is 58.1 Å². The van der Waals surface area contributed by atoms with Gasteiger partial charge in [-0.05, 0) is 0 Å². The number of hydrogen-bond acceptors (Lipinski definition) is 2. The molecular formula is C8H6F11IO2. The number of ether oxygens (including phenoxy) is 1. The summed E-state index contributed by atoms with van der Waals surface area (Å²) < 4.78 is 137. The fourth-order valence-corrected chi connectivity index (χ4v) is 1.56. The van der Waals surface area contributed by atoms with E-state index >= 15 is 0 Å². The Morgan fingerprint density at radius 3 is 1.50 bits per heavy atom. The zero-order valence-corrected chi connectivity index (χ0v) is 12.0. The molecule has 0 aliphatic carbocycles. The standard InChI is InChI=1S/C8H6F11IO2/c9-4(6(12,13)14,1-3(20)2-21)22-8(18,19)5(10,11)7(15,16)17/h3,21H,1-2H2/t3-,4-/m0/s1. The third-order valence-corrected chi connectivity index (χ3v) is 2.95. The molecular weight excluding hydrogens is 464 g/mol. The lowest BCUT2D eigenvalue weighted by Gasteiger charge is -2.35. The number of alkyl halides is 12.